The molecule has 3 aliphatic rings. The van der Waals surface area contributed by atoms with Gasteiger partial charge in [0, 0.05) is 49.6 Å². The standard InChI is InChI=1S/C33H27NO4S/c1-2-3-6-15-34-25-13-8-10-21(23-12-7-11-22-20-9-4-5-14-29(20)39-31(22)23)30(25)33(32(34)35)18-36-26-17-28-27(16-24(26)33)37-19-38-28/h4-5,7-14,16-17H,2-3,6,15,18-19H2,1H3. The molecule has 4 aromatic carbocycles. The molecule has 1 aromatic heterocycles. The molecule has 6 heteroatoms. The summed E-state index contributed by atoms with van der Waals surface area (Å²) in [4.78, 5) is 16.6. The summed E-state index contributed by atoms with van der Waals surface area (Å²) in [6.45, 7) is 3.32. The van der Waals surface area contributed by atoms with Crippen LogP contribution in [0.25, 0.3) is 31.3 Å². The summed E-state index contributed by atoms with van der Waals surface area (Å²) < 4.78 is 20.2. The van der Waals surface area contributed by atoms with Crippen LogP contribution in [-0.4, -0.2) is 25.9 Å². The van der Waals surface area contributed by atoms with Gasteiger partial charge in [-0.05, 0) is 35.7 Å². The fraction of sp³-hybridized carbons (Fsp3) is 0.242. The lowest BCUT2D eigenvalue weighted by Crippen LogP contribution is -2.43. The van der Waals surface area contributed by atoms with Gasteiger partial charge in [0.1, 0.15) is 17.8 Å². The summed E-state index contributed by atoms with van der Waals surface area (Å²) in [6, 6.07) is 25.3. The number of hydrogen-bond donors (Lipinski definition) is 0. The van der Waals surface area contributed by atoms with Crippen LogP contribution in [0.4, 0.5) is 5.69 Å². The molecule has 5 nitrogen and oxygen atoms in total. The first kappa shape index (κ1) is 22.9. The van der Waals surface area contributed by atoms with Crippen LogP contribution in [0, 0.1) is 0 Å². The van der Waals surface area contributed by atoms with Gasteiger partial charge in [0.25, 0.3) is 0 Å². The number of benzene rings is 4. The summed E-state index contributed by atoms with van der Waals surface area (Å²) in [7, 11) is 0. The minimum Gasteiger partial charge on any atom is -0.491 e. The van der Waals surface area contributed by atoms with Gasteiger partial charge in [0.15, 0.2) is 11.5 Å². The van der Waals surface area contributed by atoms with Gasteiger partial charge in [-0.15, -0.1) is 11.3 Å². The molecule has 0 radical (unpaired) electrons. The Balaban J connectivity index is 1.40. The van der Waals surface area contributed by atoms with Crippen molar-refractivity contribution in [3.63, 3.8) is 0 Å². The van der Waals surface area contributed by atoms with E-state index in [-0.39, 0.29) is 19.3 Å². The molecule has 0 N–H and O–H groups in total. The first-order chi connectivity index (χ1) is 19.2. The third-order valence-electron chi connectivity index (χ3n) is 8.43. The Morgan fingerprint density at radius 2 is 1.64 bits per heavy atom. The molecule has 1 spiro atoms. The van der Waals surface area contributed by atoms with E-state index >= 15 is 0 Å². The summed E-state index contributed by atoms with van der Waals surface area (Å²) >= 11 is 1.81. The highest BCUT2D eigenvalue weighted by molar-refractivity contribution is 7.26. The van der Waals surface area contributed by atoms with Gasteiger partial charge in [-0.3, -0.25) is 4.79 Å². The number of hydrogen-bond acceptors (Lipinski definition) is 5. The average molecular weight is 534 g/mol. The van der Waals surface area contributed by atoms with Crippen molar-refractivity contribution < 1.29 is 19.0 Å². The summed E-state index contributed by atoms with van der Waals surface area (Å²) in [6.07, 6.45) is 3.14. The second kappa shape index (κ2) is 8.48. The van der Waals surface area contributed by atoms with Crippen molar-refractivity contribution in [3.05, 3.63) is 83.9 Å². The normalized spacial score (nSPS) is 18.8. The van der Waals surface area contributed by atoms with Gasteiger partial charge in [0.05, 0.1) is 0 Å². The van der Waals surface area contributed by atoms with E-state index in [1.807, 2.05) is 28.4 Å². The third kappa shape index (κ3) is 3.09. The first-order valence-corrected chi connectivity index (χ1v) is 14.5. The number of rotatable bonds is 5. The van der Waals surface area contributed by atoms with E-state index in [1.165, 1.54) is 20.2 Å². The maximum Gasteiger partial charge on any atom is 0.245 e. The number of thiophene rings is 1. The summed E-state index contributed by atoms with van der Waals surface area (Å²) in [5.41, 5.74) is 4.20. The molecule has 4 heterocycles. The molecular weight excluding hydrogens is 506 g/mol. The maximum atomic E-state index is 14.6. The monoisotopic (exact) mass is 533 g/mol. The van der Waals surface area contributed by atoms with Gasteiger partial charge in [-0.25, -0.2) is 0 Å². The number of amides is 1. The summed E-state index contributed by atoms with van der Waals surface area (Å²) in [5, 5.41) is 2.51. The van der Waals surface area contributed by atoms with Crippen LogP contribution in [-0.2, 0) is 10.2 Å². The number of unbranched alkanes of at least 4 members (excludes halogenated alkanes) is 2. The first-order valence-electron chi connectivity index (χ1n) is 13.6. The Bertz CT molecular complexity index is 1810. The molecule has 0 saturated heterocycles. The number of nitrogens with zero attached hydrogens (tertiary/aromatic N) is 1. The van der Waals surface area contributed by atoms with E-state index < -0.39 is 5.41 Å². The highest BCUT2D eigenvalue weighted by Crippen LogP contribution is 2.58. The smallest absolute Gasteiger partial charge is 0.245 e. The van der Waals surface area contributed by atoms with Crippen LogP contribution in [0.5, 0.6) is 17.2 Å². The molecule has 39 heavy (non-hydrogen) atoms. The number of anilines is 1. The topological polar surface area (TPSA) is 48.0 Å². The van der Waals surface area contributed by atoms with E-state index in [2.05, 4.69) is 67.6 Å². The van der Waals surface area contributed by atoms with Gasteiger partial charge in [-0.2, -0.15) is 0 Å². The van der Waals surface area contributed by atoms with Crippen molar-refractivity contribution in [2.45, 2.75) is 31.6 Å². The van der Waals surface area contributed by atoms with Gasteiger partial charge >= 0.3 is 0 Å². The fourth-order valence-electron chi connectivity index (χ4n) is 6.61. The second-order valence-corrected chi connectivity index (χ2v) is 11.6. The minimum absolute atomic E-state index is 0.0854. The van der Waals surface area contributed by atoms with E-state index in [4.69, 9.17) is 14.2 Å². The number of carbonyl (C=O) groups excluding carboxylic acids is 1. The lowest BCUT2D eigenvalue weighted by Gasteiger charge is -2.24. The zero-order valence-corrected chi connectivity index (χ0v) is 22.5. The van der Waals surface area contributed by atoms with Gasteiger partial charge < -0.3 is 19.1 Å². The highest BCUT2D eigenvalue weighted by atomic mass is 32.1. The zero-order chi connectivity index (χ0) is 26.1. The van der Waals surface area contributed by atoms with Crippen molar-refractivity contribution >= 4 is 43.1 Å². The summed E-state index contributed by atoms with van der Waals surface area (Å²) in [5.74, 6) is 2.12. The molecule has 194 valence electrons. The Morgan fingerprint density at radius 1 is 0.846 bits per heavy atom. The molecule has 0 fully saturated rings. The predicted molar refractivity (Wildman–Crippen MR) is 155 cm³/mol. The van der Waals surface area contributed by atoms with Crippen LogP contribution in [0.15, 0.2) is 72.8 Å². The number of ether oxygens (including phenoxy) is 3. The minimum atomic E-state index is -0.937. The van der Waals surface area contributed by atoms with Crippen molar-refractivity contribution in [2.75, 3.05) is 24.8 Å². The average Bonchev–Trinajstić information content (AvgIpc) is 3.72. The van der Waals surface area contributed by atoms with Gasteiger partial charge in [0.2, 0.25) is 12.7 Å². The quantitative estimate of drug-likeness (QED) is 0.218. The number of carbonyl (C=O) groups is 1. The van der Waals surface area contributed by atoms with Crippen LogP contribution in [0.3, 0.4) is 0 Å². The van der Waals surface area contributed by atoms with Crippen molar-refractivity contribution in [1.29, 1.82) is 0 Å². The van der Waals surface area contributed by atoms with Crippen LogP contribution < -0.4 is 19.1 Å². The SMILES string of the molecule is CCCCCN1C(=O)C2(COc3cc4c(cc32)OCO4)c2c(-c3cccc4c3sc3ccccc34)cccc21. The van der Waals surface area contributed by atoms with E-state index in [1.54, 1.807) is 0 Å². The maximum absolute atomic E-state index is 14.6. The van der Waals surface area contributed by atoms with Crippen molar-refractivity contribution in [2.24, 2.45) is 0 Å². The molecule has 1 amide bonds. The molecule has 8 rings (SSSR count). The molecule has 1 atom stereocenters. The molecule has 0 saturated carbocycles. The molecule has 3 aliphatic heterocycles. The Morgan fingerprint density at radius 3 is 2.54 bits per heavy atom. The highest BCUT2D eigenvalue weighted by Gasteiger charge is 2.58. The van der Waals surface area contributed by atoms with Crippen LogP contribution in [0.1, 0.15) is 37.3 Å². The van der Waals surface area contributed by atoms with Crippen molar-refractivity contribution in [1.82, 2.24) is 0 Å². The Hall–Kier alpha value is -4.03. The lowest BCUT2D eigenvalue weighted by atomic mass is 9.74. The fourth-order valence-corrected chi connectivity index (χ4v) is 7.84. The number of fused-ring (bicyclic) bond motifs is 8. The molecular formula is C33H27NO4S. The predicted octanol–water partition coefficient (Wildman–Crippen LogP) is 7.67. The van der Waals surface area contributed by atoms with E-state index in [0.29, 0.717) is 23.8 Å². The van der Waals surface area contributed by atoms with E-state index in [9.17, 15) is 4.79 Å². The Kier molecular flexibility index (Phi) is 4.98. The van der Waals surface area contributed by atoms with Crippen molar-refractivity contribution in [3.8, 4) is 28.4 Å². The second-order valence-electron chi connectivity index (χ2n) is 10.5. The third-order valence-corrected chi connectivity index (χ3v) is 9.65. The molecule has 0 bridgehead atoms. The molecule has 1 unspecified atom stereocenters. The van der Waals surface area contributed by atoms with Crippen LogP contribution in [0.2, 0.25) is 0 Å². The largest absolute Gasteiger partial charge is 0.491 e. The van der Waals surface area contributed by atoms with Crippen LogP contribution >= 0.6 is 11.3 Å². The van der Waals surface area contributed by atoms with Gasteiger partial charge in [-0.1, -0.05) is 68.3 Å². The zero-order valence-electron chi connectivity index (χ0n) is 21.7. The lowest BCUT2D eigenvalue weighted by molar-refractivity contribution is -0.122. The van der Waals surface area contributed by atoms with E-state index in [0.717, 1.165) is 47.2 Å². The molecule has 0 aliphatic carbocycles. The Labute approximate surface area is 230 Å². The molecule has 5 aromatic rings.